The van der Waals surface area contributed by atoms with Crippen molar-refractivity contribution in [1.29, 1.82) is 0 Å². The molecular weight excluding hydrogens is 378 g/mol. The quantitative estimate of drug-likeness (QED) is 0.432. The SMILES string of the molecule is CCOP(=O)(OCC)C(CCCN1CCNCC1)P(=O)(OCC)OCC. The van der Waals surface area contributed by atoms with Crippen LogP contribution in [0.3, 0.4) is 0 Å². The highest BCUT2D eigenvalue weighted by molar-refractivity contribution is 7.72. The van der Waals surface area contributed by atoms with Crippen molar-refractivity contribution in [3.05, 3.63) is 0 Å². The van der Waals surface area contributed by atoms with E-state index in [4.69, 9.17) is 18.1 Å². The summed E-state index contributed by atoms with van der Waals surface area (Å²) >= 11 is 0. The summed E-state index contributed by atoms with van der Waals surface area (Å²) in [6, 6.07) is 0. The van der Waals surface area contributed by atoms with Gasteiger partial charge in [0.2, 0.25) is 0 Å². The summed E-state index contributed by atoms with van der Waals surface area (Å²) in [4.78, 5) is 2.34. The normalized spacial score (nSPS) is 17.1. The molecule has 0 aromatic carbocycles. The number of piperazine rings is 1. The van der Waals surface area contributed by atoms with Crippen LogP contribution in [0, 0.1) is 0 Å². The molecule has 1 fully saturated rings. The molecule has 1 N–H and O–H groups in total. The van der Waals surface area contributed by atoms with Gasteiger partial charge < -0.3 is 28.3 Å². The van der Waals surface area contributed by atoms with Gasteiger partial charge in [0.25, 0.3) is 0 Å². The largest absolute Gasteiger partial charge is 0.345 e. The first-order valence-electron chi connectivity index (χ1n) is 9.66. The molecule has 10 heteroatoms. The average Bonchev–Trinajstić information content (AvgIpc) is 2.60. The second-order valence-electron chi connectivity index (χ2n) is 5.97. The second-order valence-corrected chi connectivity index (χ2v) is 10.8. The minimum absolute atomic E-state index is 0.212. The van der Waals surface area contributed by atoms with Crippen molar-refractivity contribution < 1.29 is 27.2 Å². The lowest BCUT2D eigenvalue weighted by molar-refractivity contribution is 0.190. The molecule has 0 radical (unpaired) electrons. The number of hydrogen-bond acceptors (Lipinski definition) is 8. The number of nitrogens with one attached hydrogen (secondary N) is 1. The van der Waals surface area contributed by atoms with Crippen molar-refractivity contribution in [2.45, 2.75) is 45.9 Å². The molecule has 0 atom stereocenters. The fourth-order valence-corrected chi connectivity index (χ4v) is 8.52. The zero-order chi connectivity index (χ0) is 19.5. The van der Waals surface area contributed by atoms with Crippen molar-refractivity contribution in [3.8, 4) is 0 Å². The van der Waals surface area contributed by atoms with E-state index in [2.05, 4.69) is 10.2 Å². The number of rotatable bonds is 14. The van der Waals surface area contributed by atoms with E-state index < -0.39 is 20.6 Å². The first-order chi connectivity index (χ1) is 12.5. The zero-order valence-corrected chi connectivity index (χ0v) is 18.4. The molecule has 0 spiro atoms. The average molecular weight is 414 g/mol. The summed E-state index contributed by atoms with van der Waals surface area (Å²) < 4.78 is 48.7. The van der Waals surface area contributed by atoms with Gasteiger partial charge in [-0.15, -0.1) is 0 Å². The van der Waals surface area contributed by atoms with Gasteiger partial charge in [-0.25, -0.2) is 0 Å². The fourth-order valence-electron chi connectivity index (χ4n) is 3.06. The van der Waals surface area contributed by atoms with Crippen molar-refractivity contribution in [1.82, 2.24) is 10.2 Å². The van der Waals surface area contributed by atoms with E-state index >= 15 is 0 Å². The predicted octanol–water partition coefficient (Wildman–Crippen LogP) is 3.53. The van der Waals surface area contributed by atoms with Crippen LogP contribution in [0.2, 0.25) is 0 Å². The lowest BCUT2D eigenvalue weighted by Crippen LogP contribution is -2.43. The van der Waals surface area contributed by atoms with Crippen molar-refractivity contribution >= 4 is 15.2 Å². The van der Waals surface area contributed by atoms with Gasteiger partial charge in [0, 0.05) is 26.2 Å². The maximum atomic E-state index is 13.4. The number of nitrogens with zero attached hydrogens (tertiary/aromatic N) is 1. The third-order valence-corrected chi connectivity index (χ3v) is 10.3. The first kappa shape index (κ1) is 24.3. The van der Waals surface area contributed by atoms with Crippen molar-refractivity contribution in [2.75, 3.05) is 59.2 Å². The monoisotopic (exact) mass is 414 g/mol. The topological polar surface area (TPSA) is 86.3 Å². The van der Waals surface area contributed by atoms with Crippen LogP contribution in [0.25, 0.3) is 0 Å². The van der Waals surface area contributed by atoms with E-state index in [1.54, 1.807) is 27.7 Å². The van der Waals surface area contributed by atoms with E-state index in [1.165, 1.54) is 0 Å². The molecule has 1 rings (SSSR count). The molecule has 0 unspecified atom stereocenters. The molecular formula is C16H36N2O6P2. The molecule has 156 valence electrons. The smallest absolute Gasteiger partial charge is 0.314 e. The summed E-state index contributed by atoms with van der Waals surface area (Å²) in [5.41, 5.74) is 0. The molecule has 1 aliphatic heterocycles. The molecule has 0 bridgehead atoms. The van der Waals surface area contributed by atoms with Crippen LogP contribution in [0.1, 0.15) is 40.5 Å². The van der Waals surface area contributed by atoms with E-state index in [-0.39, 0.29) is 26.4 Å². The van der Waals surface area contributed by atoms with Crippen LogP contribution >= 0.6 is 15.2 Å². The maximum Gasteiger partial charge on any atom is 0.345 e. The Morgan fingerprint density at radius 3 is 1.65 bits per heavy atom. The molecule has 0 saturated carbocycles. The summed E-state index contributed by atoms with van der Waals surface area (Å²) in [6.45, 7) is 12.6. The molecule has 1 saturated heterocycles. The van der Waals surface area contributed by atoms with Gasteiger partial charge in [-0.3, -0.25) is 9.13 Å². The van der Waals surface area contributed by atoms with Gasteiger partial charge >= 0.3 is 15.2 Å². The Morgan fingerprint density at radius 1 is 0.846 bits per heavy atom. The molecule has 8 nitrogen and oxygen atoms in total. The lowest BCUT2D eigenvalue weighted by Gasteiger charge is -2.32. The van der Waals surface area contributed by atoms with Crippen LogP contribution in [0.5, 0.6) is 0 Å². The van der Waals surface area contributed by atoms with Gasteiger partial charge in [-0.05, 0) is 47.1 Å². The standard InChI is InChI=1S/C16H36N2O6P2/c1-5-21-25(19,22-6-2)16(26(20,23-7-3)24-8-4)10-9-13-18-14-11-17-12-15-18/h16-17H,5-15H2,1-4H3. The van der Waals surface area contributed by atoms with E-state index in [9.17, 15) is 9.13 Å². The summed E-state index contributed by atoms with van der Waals surface area (Å²) in [7, 11) is -7.25. The third-order valence-electron chi connectivity index (χ3n) is 4.11. The minimum Gasteiger partial charge on any atom is -0.314 e. The van der Waals surface area contributed by atoms with Gasteiger partial charge in [0.1, 0.15) is 0 Å². The predicted molar refractivity (Wildman–Crippen MR) is 104 cm³/mol. The summed E-state index contributed by atoms with van der Waals surface area (Å²) in [5.74, 6) is 0. The minimum atomic E-state index is -3.62. The van der Waals surface area contributed by atoms with Crippen LogP contribution in [0.15, 0.2) is 0 Å². The van der Waals surface area contributed by atoms with Gasteiger partial charge in [-0.1, -0.05) is 0 Å². The highest BCUT2D eigenvalue weighted by Gasteiger charge is 2.50. The molecule has 0 aromatic heterocycles. The van der Waals surface area contributed by atoms with E-state index in [0.717, 1.165) is 39.1 Å². The number of hydrogen-bond donors (Lipinski definition) is 1. The van der Waals surface area contributed by atoms with Crippen LogP contribution < -0.4 is 5.32 Å². The molecule has 0 aromatic rings. The van der Waals surface area contributed by atoms with Crippen molar-refractivity contribution in [3.63, 3.8) is 0 Å². The fraction of sp³-hybridized carbons (Fsp3) is 1.00. The Hall–Kier alpha value is 0.220. The molecule has 0 aliphatic carbocycles. The molecule has 0 amide bonds. The molecule has 1 heterocycles. The molecule has 1 aliphatic rings. The highest BCUT2D eigenvalue weighted by Crippen LogP contribution is 2.71. The van der Waals surface area contributed by atoms with Gasteiger partial charge in [0.15, 0.2) is 5.40 Å². The summed E-state index contributed by atoms with van der Waals surface area (Å²) in [5, 5.41) is 2.41. The van der Waals surface area contributed by atoms with Crippen LogP contribution in [-0.4, -0.2) is 69.5 Å². The Bertz CT molecular complexity index is 424. The lowest BCUT2D eigenvalue weighted by atomic mass is 10.3. The van der Waals surface area contributed by atoms with Crippen LogP contribution in [0.4, 0.5) is 0 Å². The Kier molecular flexibility index (Phi) is 11.8. The third kappa shape index (κ3) is 7.33. The Morgan fingerprint density at radius 2 is 1.27 bits per heavy atom. The first-order valence-corrected chi connectivity index (χ1v) is 12.9. The van der Waals surface area contributed by atoms with Gasteiger partial charge in [-0.2, -0.15) is 0 Å². The van der Waals surface area contributed by atoms with Crippen LogP contribution in [-0.2, 0) is 27.2 Å². The zero-order valence-electron chi connectivity index (χ0n) is 16.6. The van der Waals surface area contributed by atoms with E-state index in [0.29, 0.717) is 6.42 Å². The van der Waals surface area contributed by atoms with Gasteiger partial charge in [0.05, 0.1) is 26.4 Å². The summed E-state index contributed by atoms with van der Waals surface area (Å²) in [6.07, 6.45) is 1.12. The maximum absolute atomic E-state index is 13.4. The molecule has 26 heavy (non-hydrogen) atoms. The second kappa shape index (κ2) is 12.6. The Balaban J connectivity index is 2.94. The Labute approximate surface area is 158 Å². The highest BCUT2D eigenvalue weighted by atomic mass is 31.2. The van der Waals surface area contributed by atoms with E-state index in [1.807, 2.05) is 0 Å². The van der Waals surface area contributed by atoms with Crippen molar-refractivity contribution in [2.24, 2.45) is 0 Å².